The maximum Gasteiger partial charge on any atom is 0.305 e. The molecule has 0 aliphatic rings. The molecule has 16 heavy (non-hydrogen) atoms. The summed E-state index contributed by atoms with van der Waals surface area (Å²) < 4.78 is 5.24. The van der Waals surface area contributed by atoms with Crippen LogP contribution in [0.5, 0.6) is 0 Å². The van der Waals surface area contributed by atoms with E-state index < -0.39 is 5.97 Å². The normalized spacial score (nSPS) is 10.4. The average molecular weight is 222 g/mol. The number of carboxylic acid groups (broad SMARTS) is 1. The Kier molecular flexibility index (Phi) is 4.99. The monoisotopic (exact) mass is 222 g/mol. The van der Waals surface area contributed by atoms with Gasteiger partial charge in [0.15, 0.2) is 0 Å². The predicted molar refractivity (Wildman–Crippen MR) is 62.7 cm³/mol. The van der Waals surface area contributed by atoms with Gasteiger partial charge < -0.3 is 9.84 Å². The number of aryl methyl sites for hydroxylation is 2. The van der Waals surface area contributed by atoms with Gasteiger partial charge in [0.1, 0.15) is 0 Å². The maximum absolute atomic E-state index is 10.2. The number of hydrogen-bond acceptors (Lipinski definition) is 2. The molecule has 0 radical (unpaired) electrons. The van der Waals surface area contributed by atoms with E-state index in [1.165, 1.54) is 16.7 Å². The van der Waals surface area contributed by atoms with Crippen LogP contribution in [0, 0.1) is 13.8 Å². The van der Waals surface area contributed by atoms with Crippen LogP contribution in [-0.4, -0.2) is 24.3 Å². The van der Waals surface area contributed by atoms with Crippen molar-refractivity contribution in [3.05, 3.63) is 34.9 Å². The molecular weight excluding hydrogens is 204 g/mol. The van der Waals surface area contributed by atoms with Crippen LogP contribution in [0.25, 0.3) is 0 Å². The SMILES string of the molecule is Cc1ccc(CCOCCC(=O)O)cc1C. The van der Waals surface area contributed by atoms with Gasteiger partial charge in [-0.2, -0.15) is 0 Å². The highest BCUT2D eigenvalue weighted by Gasteiger charge is 1.98. The lowest BCUT2D eigenvalue weighted by Crippen LogP contribution is -2.05. The van der Waals surface area contributed by atoms with Gasteiger partial charge in [0.25, 0.3) is 0 Å². The molecule has 0 fully saturated rings. The molecule has 0 atom stereocenters. The molecule has 1 aromatic carbocycles. The molecule has 1 N–H and O–H groups in total. The Bertz CT molecular complexity index is 358. The highest BCUT2D eigenvalue weighted by atomic mass is 16.5. The molecule has 0 saturated carbocycles. The highest BCUT2D eigenvalue weighted by molar-refractivity contribution is 5.66. The van der Waals surface area contributed by atoms with Gasteiger partial charge >= 0.3 is 5.97 Å². The largest absolute Gasteiger partial charge is 0.481 e. The number of hydrogen-bond donors (Lipinski definition) is 1. The van der Waals surface area contributed by atoms with Crippen molar-refractivity contribution in [2.75, 3.05) is 13.2 Å². The molecule has 0 aliphatic carbocycles. The van der Waals surface area contributed by atoms with Crippen LogP contribution in [0.3, 0.4) is 0 Å². The van der Waals surface area contributed by atoms with Gasteiger partial charge in [-0.1, -0.05) is 18.2 Å². The van der Waals surface area contributed by atoms with Crippen molar-refractivity contribution < 1.29 is 14.6 Å². The van der Waals surface area contributed by atoms with Crippen LogP contribution < -0.4 is 0 Å². The van der Waals surface area contributed by atoms with Crippen molar-refractivity contribution >= 4 is 5.97 Å². The zero-order chi connectivity index (χ0) is 12.0. The lowest BCUT2D eigenvalue weighted by molar-refractivity contribution is -0.138. The number of aliphatic carboxylic acids is 1. The van der Waals surface area contributed by atoms with E-state index >= 15 is 0 Å². The minimum Gasteiger partial charge on any atom is -0.481 e. The summed E-state index contributed by atoms with van der Waals surface area (Å²) in [6.07, 6.45) is 0.910. The number of carboxylic acids is 1. The second kappa shape index (κ2) is 6.28. The molecule has 0 unspecified atom stereocenters. The van der Waals surface area contributed by atoms with Crippen molar-refractivity contribution in [1.82, 2.24) is 0 Å². The first-order chi connectivity index (χ1) is 7.59. The minimum absolute atomic E-state index is 0.0763. The topological polar surface area (TPSA) is 46.5 Å². The lowest BCUT2D eigenvalue weighted by Gasteiger charge is -2.05. The summed E-state index contributed by atoms with van der Waals surface area (Å²) in [5.41, 5.74) is 3.80. The van der Waals surface area contributed by atoms with Gasteiger partial charge in [-0.3, -0.25) is 4.79 Å². The fraction of sp³-hybridized carbons (Fsp3) is 0.462. The van der Waals surface area contributed by atoms with Crippen LogP contribution in [-0.2, 0) is 16.0 Å². The molecule has 1 rings (SSSR count). The Morgan fingerprint density at radius 3 is 2.62 bits per heavy atom. The molecule has 0 aliphatic heterocycles. The van der Waals surface area contributed by atoms with Crippen molar-refractivity contribution in [2.45, 2.75) is 26.7 Å². The van der Waals surface area contributed by atoms with Gasteiger partial charge in [0.05, 0.1) is 19.6 Å². The zero-order valence-electron chi connectivity index (χ0n) is 9.82. The number of carbonyl (C=O) groups is 1. The summed E-state index contributed by atoms with van der Waals surface area (Å²) in [5.74, 6) is -0.814. The van der Waals surface area contributed by atoms with E-state index in [0.717, 1.165) is 6.42 Å². The smallest absolute Gasteiger partial charge is 0.305 e. The fourth-order valence-electron chi connectivity index (χ4n) is 1.41. The highest BCUT2D eigenvalue weighted by Crippen LogP contribution is 2.10. The van der Waals surface area contributed by atoms with E-state index in [9.17, 15) is 4.79 Å². The summed E-state index contributed by atoms with van der Waals surface area (Å²) in [5, 5.41) is 8.42. The zero-order valence-corrected chi connectivity index (χ0v) is 9.82. The summed E-state index contributed by atoms with van der Waals surface area (Å²) in [6, 6.07) is 6.33. The van der Waals surface area contributed by atoms with Gasteiger partial charge in [-0.25, -0.2) is 0 Å². The summed E-state index contributed by atoms with van der Waals surface area (Å²) in [7, 11) is 0. The summed E-state index contributed by atoms with van der Waals surface area (Å²) >= 11 is 0. The molecular formula is C13H18O3. The Morgan fingerprint density at radius 1 is 1.25 bits per heavy atom. The van der Waals surface area contributed by atoms with E-state index in [1.807, 2.05) is 0 Å². The Labute approximate surface area is 96.1 Å². The maximum atomic E-state index is 10.2. The van der Waals surface area contributed by atoms with Crippen molar-refractivity contribution in [2.24, 2.45) is 0 Å². The molecule has 0 heterocycles. The summed E-state index contributed by atoms with van der Waals surface area (Å²) in [4.78, 5) is 10.2. The molecule has 0 aromatic heterocycles. The molecule has 0 saturated heterocycles. The first-order valence-corrected chi connectivity index (χ1v) is 5.45. The van der Waals surface area contributed by atoms with Crippen LogP contribution in [0.1, 0.15) is 23.1 Å². The molecule has 0 amide bonds. The van der Waals surface area contributed by atoms with E-state index in [0.29, 0.717) is 13.2 Å². The second-order valence-corrected chi connectivity index (χ2v) is 3.92. The third-order valence-corrected chi connectivity index (χ3v) is 2.57. The van der Waals surface area contributed by atoms with Crippen LogP contribution in [0.2, 0.25) is 0 Å². The van der Waals surface area contributed by atoms with E-state index in [4.69, 9.17) is 9.84 Å². The Morgan fingerprint density at radius 2 is 2.00 bits per heavy atom. The number of benzene rings is 1. The van der Waals surface area contributed by atoms with Crippen LogP contribution >= 0.6 is 0 Å². The lowest BCUT2D eigenvalue weighted by atomic mass is 10.0. The molecule has 3 nitrogen and oxygen atoms in total. The number of ether oxygens (including phenoxy) is 1. The van der Waals surface area contributed by atoms with Gasteiger partial charge in [-0.05, 0) is 37.0 Å². The molecule has 0 spiro atoms. The Hall–Kier alpha value is -1.35. The van der Waals surface area contributed by atoms with Gasteiger partial charge in [-0.15, -0.1) is 0 Å². The summed E-state index contributed by atoms with van der Waals surface area (Å²) in [6.45, 7) is 5.04. The third kappa shape index (κ3) is 4.45. The van der Waals surface area contributed by atoms with Crippen molar-refractivity contribution in [3.8, 4) is 0 Å². The average Bonchev–Trinajstić information content (AvgIpc) is 2.22. The first kappa shape index (κ1) is 12.7. The standard InChI is InChI=1S/C13H18O3/c1-10-3-4-12(9-11(10)2)5-7-16-8-6-13(14)15/h3-4,9H,5-8H2,1-2H3,(H,14,15). The molecule has 3 heteroatoms. The quantitative estimate of drug-likeness (QED) is 0.751. The van der Waals surface area contributed by atoms with Crippen molar-refractivity contribution in [3.63, 3.8) is 0 Å². The first-order valence-electron chi connectivity index (χ1n) is 5.45. The van der Waals surface area contributed by atoms with Crippen LogP contribution in [0.15, 0.2) is 18.2 Å². The van der Waals surface area contributed by atoms with E-state index in [-0.39, 0.29) is 6.42 Å². The molecule has 0 bridgehead atoms. The van der Waals surface area contributed by atoms with Gasteiger partial charge in [0.2, 0.25) is 0 Å². The molecule has 1 aromatic rings. The minimum atomic E-state index is -0.814. The third-order valence-electron chi connectivity index (χ3n) is 2.57. The van der Waals surface area contributed by atoms with E-state index in [1.54, 1.807) is 0 Å². The van der Waals surface area contributed by atoms with E-state index in [2.05, 4.69) is 32.0 Å². The second-order valence-electron chi connectivity index (χ2n) is 3.92. The number of rotatable bonds is 6. The van der Waals surface area contributed by atoms with Crippen molar-refractivity contribution in [1.29, 1.82) is 0 Å². The Balaban J connectivity index is 2.27. The van der Waals surface area contributed by atoms with Crippen LogP contribution in [0.4, 0.5) is 0 Å². The van der Waals surface area contributed by atoms with Gasteiger partial charge in [0, 0.05) is 0 Å². The molecule has 88 valence electrons. The predicted octanol–water partition coefficient (Wildman–Crippen LogP) is 2.34. The fourth-order valence-corrected chi connectivity index (χ4v) is 1.41.